The van der Waals surface area contributed by atoms with Gasteiger partial charge in [-0.1, -0.05) is 0 Å². The first-order valence-electron chi connectivity index (χ1n) is 8.78. The monoisotopic (exact) mass is 315 g/mol. The van der Waals surface area contributed by atoms with Crippen molar-refractivity contribution in [3.8, 4) is 0 Å². The average molecular weight is 315 g/mol. The van der Waals surface area contributed by atoms with Crippen molar-refractivity contribution in [2.75, 3.05) is 38.2 Å². The Morgan fingerprint density at radius 3 is 2.91 bits per heavy atom. The summed E-state index contributed by atoms with van der Waals surface area (Å²) < 4.78 is 6.03. The van der Waals surface area contributed by atoms with Crippen molar-refractivity contribution in [1.29, 1.82) is 0 Å². The van der Waals surface area contributed by atoms with Gasteiger partial charge in [0.2, 0.25) is 5.91 Å². The van der Waals surface area contributed by atoms with Crippen LogP contribution in [0.4, 0.5) is 5.69 Å². The smallest absolute Gasteiger partial charge is 0.232 e. The van der Waals surface area contributed by atoms with Crippen LogP contribution in [0.1, 0.15) is 24.8 Å². The second kappa shape index (κ2) is 6.21. The molecular formula is C18H25N3O2. The molecular weight excluding hydrogens is 290 g/mol. The second-order valence-electron chi connectivity index (χ2n) is 7.12. The number of ether oxygens (including phenoxy) is 1. The van der Waals surface area contributed by atoms with Gasteiger partial charge in [-0.3, -0.25) is 9.78 Å². The molecule has 0 radical (unpaired) electrons. The molecule has 0 bridgehead atoms. The highest BCUT2D eigenvalue weighted by molar-refractivity contribution is 5.97. The fourth-order valence-electron chi connectivity index (χ4n) is 4.35. The Bertz CT molecular complexity index is 583. The lowest BCUT2D eigenvalue weighted by molar-refractivity contribution is -0.125. The topological polar surface area (TPSA) is 45.7 Å². The van der Waals surface area contributed by atoms with Crippen molar-refractivity contribution in [3.63, 3.8) is 0 Å². The standard InChI is InChI=1S/C18H25N3O2/c1-20-8-3-13(4-9-20)17-15(6-11-23-17)18(22)21-10-5-14-12-19-7-2-16(14)21/h2,7,12-13,15,17H,3-6,8-11H2,1H3/t15-,17+/m0/s1. The van der Waals surface area contributed by atoms with Crippen LogP contribution in [0.15, 0.2) is 18.5 Å². The van der Waals surface area contributed by atoms with E-state index >= 15 is 0 Å². The van der Waals surface area contributed by atoms with Crippen LogP contribution in [-0.2, 0) is 16.0 Å². The molecule has 1 amide bonds. The van der Waals surface area contributed by atoms with Crippen LogP contribution >= 0.6 is 0 Å². The highest BCUT2D eigenvalue weighted by Gasteiger charge is 2.42. The van der Waals surface area contributed by atoms with Gasteiger partial charge in [-0.2, -0.15) is 0 Å². The van der Waals surface area contributed by atoms with Crippen LogP contribution < -0.4 is 4.90 Å². The zero-order valence-electron chi connectivity index (χ0n) is 13.8. The number of nitrogens with zero attached hydrogens (tertiary/aromatic N) is 3. The molecule has 0 aromatic carbocycles. The van der Waals surface area contributed by atoms with Crippen LogP contribution in [-0.4, -0.2) is 55.2 Å². The van der Waals surface area contributed by atoms with Gasteiger partial charge in [0.05, 0.1) is 12.0 Å². The van der Waals surface area contributed by atoms with Crippen molar-refractivity contribution in [2.45, 2.75) is 31.8 Å². The zero-order valence-corrected chi connectivity index (χ0v) is 13.8. The Morgan fingerprint density at radius 1 is 1.26 bits per heavy atom. The number of hydrogen-bond acceptors (Lipinski definition) is 4. The number of amides is 1. The third kappa shape index (κ3) is 2.76. The van der Waals surface area contributed by atoms with Crippen molar-refractivity contribution in [2.24, 2.45) is 11.8 Å². The van der Waals surface area contributed by atoms with E-state index in [1.54, 1.807) is 6.20 Å². The summed E-state index contributed by atoms with van der Waals surface area (Å²) in [5.41, 5.74) is 2.25. The Labute approximate surface area is 137 Å². The molecule has 4 heterocycles. The second-order valence-corrected chi connectivity index (χ2v) is 7.12. The number of aromatic nitrogens is 1. The molecule has 3 aliphatic rings. The summed E-state index contributed by atoms with van der Waals surface area (Å²) in [5, 5.41) is 0. The summed E-state index contributed by atoms with van der Waals surface area (Å²) in [7, 11) is 2.17. The third-order valence-corrected chi connectivity index (χ3v) is 5.72. The van der Waals surface area contributed by atoms with Gasteiger partial charge in [0, 0.05) is 31.2 Å². The number of rotatable bonds is 2. The van der Waals surface area contributed by atoms with Crippen LogP contribution in [0.2, 0.25) is 0 Å². The quantitative estimate of drug-likeness (QED) is 0.834. The van der Waals surface area contributed by atoms with E-state index in [9.17, 15) is 4.79 Å². The summed E-state index contributed by atoms with van der Waals surface area (Å²) in [4.78, 5) is 21.7. The number of hydrogen-bond donors (Lipinski definition) is 0. The third-order valence-electron chi connectivity index (χ3n) is 5.72. The molecule has 3 aliphatic heterocycles. The maximum atomic E-state index is 13.1. The van der Waals surface area contributed by atoms with Crippen molar-refractivity contribution in [3.05, 3.63) is 24.0 Å². The predicted molar refractivity (Wildman–Crippen MR) is 88.4 cm³/mol. The molecule has 0 saturated carbocycles. The highest BCUT2D eigenvalue weighted by atomic mass is 16.5. The maximum Gasteiger partial charge on any atom is 0.232 e. The van der Waals surface area contributed by atoms with E-state index in [0.717, 1.165) is 57.6 Å². The summed E-state index contributed by atoms with van der Waals surface area (Å²) >= 11 is 0. The lowest BCUT2D eigenvalue weighted by Crippen LogP contribution is -2.43. The molecule has 124 valence electrons. The molecule has 0 N–H and O–H groups in total. The van der Waals surface area contributed by atoms with Gasteiger partial charge in [0.1, 0.15) is 0 Å². The molecule has 4 rings (SSSR count). The number of piperidine rings is 1. The summed E-state index contributed by atoms with van der Waals surface area (Å²) in [6, 6.07) is 1.97. The first kappa shape index (κ1) is 15.1. The molecule has 5 heteroatoms. The molecule has 2 saturated heterocycles. The lowest BCUT2D eigenvalue weighted by Gasteiger charge is -2.35. The van der Waals surface area contributed by atoms with E-state index in [4.69, 9.17) is 4.74 Å². The Hall–Kier alpha value is -1.46. The first-order chi connectivity index (χ1) is 11.2. The van der Waals surface area contributed by atoms with Gasteiger partial charge >= 0.3 is 0 Å². The molecule has 23 heavy (non-hydrogen) atoms. The van der Waals surface area contributed by atoms with Gasteiger partial charge in [-0.05, 0) is 63.4 Å². The summed E-state index contributed by atoms with van der Waals surface area (Å²) in [6.45, 7) is 3.74. The van der Waals surface area contributed by atoms with Crippen LogP contribution in [0, 0.1) is 11.8 Å². The van der Waals surface area contributed by atoms with E-state index in [-0.39, 0.29) is 17.9 Å². The molecule has 1 aromatic rings. The van der Waals surface area contributed by atoms with Gasteiger partial charge < -0.3 is 14.5 Å². The highest BCUT2D eigenvalue weighted by Crippen LogP contribution is 2.36. The molecule has 0 aliphatic carbocycles. The molecule has 5 nitrogen and oxygen atoms in total. The predicted octanol–water partition coefficient (Wildman–Crippen LogP) is 1.72. The zero-order chi connectivity index (χ0) is 15.8. The van der Waals surface area contributed by atoms with E-state index in [2.05, 4.69) is 16.9 Å². The lowest BCUT2D eigenvalue weighted by atomic mass is 9.83. The fourth-order valence-corrected chi connectivity index (χ4v) is 4.35. The van der Waals surface area contributed by atoms with E-state index < -0.39 is 0 Å². The van der Waals surface area contributed by atoms with Crippen molar-refractivity contribution >= 4 is 11.6 Å². The number of likely N-dealkylation sites (tertiary alicyclic amines) is 1. The Balaban J connectivity index is 1.50. The van der Waals surface area contributed by atoms with Crippen LogP contribution in [0.3, 0.4) is 0 Å². The van der Waals surface area contributed by atoms with Crippen molar-refractivity contribution < 1.29 is 9.53 Å². The van der Waals surface area contributed by atoms with Crippen LogP contribution in [0.25, 0.3) is 0 Å². The number of fused-ring (bicyclic) bond motifs is 1. The van der Waals surface area contributed by atoms with E-state index in [1.165, 1.54) is 5.56 Å². The number of carbonyl (C=O) groups is 1. The minimum absolute atomic E-state index is 0.0301. The normalized spacial score (nSPS) is 29.0. The minimum atomic E-state index is 0.0301. The summed E-state index contributed by atoms with van der Waals surface area (Å²) in [6.07, 6.45) is 7.86. The average Bonchev–Trinajstić information content (AvgIpc) is 3.22. The van der Waals surface area contributed by atoms with Gasteiger partial charge in [0.25, 0.3) is 0 Å². The van der Waals surface area contributed by atoms with Gasteiger partial charge in [-0.25, -0.2) is 0 Å². The molecule has 1 aromatic heterocycles. The maximum absolute atomic E-state index is 13.1. The molecule has 2 fully saturated rings. The molecule has 0 spiro atoms. The largest absolute Gasteiger partial charge is 0.377 e. The van der Waals surface area contributed by atoms with Crippen molar-refractivity contribution in [1.82, 2.24) is 9.88 Å². The Kier molecular flexibility index (Phi) is 4.07. The summed E-state index contributed by atoms with van der Waals surface area (Å²) in [5.74, 6) is 0.820. The molecule has 0 unspecified atom stereocenters. The van der Waals surface area contributed by atoms with Gasteiger partial charge in [0.15, 0.2) is 0 Å². The first-order valence-corrected chi connectivity index (χ1v) is 8.78. The number of carbonyl (C=O) groups excluding carboxylic acids is 1. The molecule has 2 atom stereocenters. The SMILES string of the molecule is CN1CCC([C@H]2OCC[C@@H]2C(=O)N2CCc3cnccc32)CC1. The van der Waals surface area contributed by atoms with E-state index in [1.807, 2.05) is 17.2 Å². The number of anilines is 1. The minimum Gasteiger partial charge on any atom is -0.377 e. The number of pyridine rings is 1. The van der Waals surface area contributed by atoms with E-state index in [0.29, 0.717) is 5.92 Å². The van der Waals surface area contributed by atoms with Gasteiger partial charge in [-0.15, -0.1) is 0 Å². The van der Waals surface area contributed by atoms with Crippen LogP contribution in [0.5, 0.6) is 0 Å². The fraction of sp³-hybridized carbons (Fsp3) is 0.667. The Morgan fingerprint density at radius 2 is 2.09 bits per heavy atom.